The molecule has 0 spiro atoms. The molecule has 6 heteroatoms. The lowest BCUT2D eigenvalue weighted by atomic mass is 10.00. The Morgan fingerprint density at radius 2 is 2.20 bits per heavy atom. The number of ether oxygens (including phenoxy) is 1. The van der Waals surface area contributed by atoms with Gasteiger partial charge >= 0.3 is 5.97 Å². The summed E-state index contributed by atoms with van der Waals surface area (Å²) in [4.78, 5) is 25.3. The highest BCUT2D eigenvalue weighted by atomic mass is 79.9. The molecule has 25 heavy (non-hydrogen) atoms. The summed E-state index contributed by atoms with van der Waals surface area (Å²) in [5.74, 6) is -0.845. The Kier molecular flexibility index (Phi) is 4.90. The fourth-order valence-electron chi connectivity index (χ4n) is 3.08. The largest absolute Gasteiger partial charge is 0.464 e. The van der Waals surface area contributed by atoms with E-state index in [0.29, 0.717) is 16.5 Å². The summed E-state index contributed by atoms with van der Waals surface area (Å²) in [6.07, 6.45) is 6.76. The van der Waals surface area contributed by atoms with E-state index in [1.807, 2.05) is 18.2 Å². The van der Waals surface area contributed by atoms with Gasteiger partial charge in [-0.15, -0.1) is 0 Å². The molecule has 2 aromatic rings. The molecule has 1 aliphatic rings. The van der Waals surface area contributed by atoms with E-state index in [1.54, 1.807) is 4.57 Å². The number of methoxy groups -OCH3 is 1. The minimum absolute atomic E-state index is 0.118. The normalized spacial score (nSPS) is 16.8. The second kappa shape index (κ2) is 6.96. The fraction of sp³-hybridized carbons (Fsp3) is 0.263. The first-order chi connectivity index (χ1) is 12.0. The van der Waals surface area contributed by atoms with Gasteiger partial charge in [0.25, 0.3) is 0 Å². The molecule has 3 rings (SSSR count). The van der Waals surface area contributed by atoms with Gasteiger partial charge in [-0.25, -0.2) is 9.18 Å². The van der Waals surface area contributed by atoms with Gasteiger partial charge < -0.3 is 9.30 Å². The van der Waals surface area contributed by atoms with Gasteiger partial charge in [-0.2, -0.15) is 0 Å². The predicted molar refractivity (Wildman–Crippen MR) is 99.3 cm³/mol. The third-order valence-electron chi connectivity index (χ3n) is 4.25. The second-order valence-electron chi connectivity index (χ2n) is 5.99. The summed E-state index contributed by atoms with van der Waals surface area (Å²) in [5, 5.41) is 0.548. The topological polar surface area (TPSA) is 48.3 Å². The number of nitrogens with zero attached hydrogens (tertiary/aromatic N) is 1. The van der Waals surface area contributed by atoms with Crippen LogP contribution in [0, 0.1) is 11.7 Å². The number of pyridine rings is 1. The van der Waals surface area contributed by atoms with E-state index in [9.17, 15) is 14.0 Å². The van der Waals surface area contributed by atoms with Gasteiger partial charge in [0.05, 0.1) is 12.6 Å². The van der Waals surface area contributed by atoms with E-state index in [0.717, 1.165) is 12.1 Å². The van der Waals surface area contributed by atoms with Crippen molar-refractivity contribution in [2.75, 3.05) is 7.11 Å². The predicted octanol–water partition coefficient (Wildman–Crippen LogP) is 4.26. The first kappa shape index (κ1) is 17.6. The Hall–Kier alpha value is -2.21. The molecule has 1 aromatic heterocycles. The number of carbonyl (C=O) groups is 1. The van der Waals surface area contributed by atoms with Gasteiger partial charge in [0, 0.05) is 22.0 Å². The molecule has 1 aliphatic carbocycles. The van der Waals surface area contributed by atoms with Crippen molar-refractivity contribution in [3.63, 3.8) is 0 Å². The number of hydrogen-bond acceptors (Lipinski definition) is 3. The van der Waals surface area contributed by atoms with Crippen LogP contribution in [0.2, 0.25) is 0 Å². The highest BCUT2D eigenvalue weighted by Gasteiger charge is 2.24. The van der Waals surface area contributed by atoms with Crippen LogP contribution in [0.1, 0.15) is 29.4 Å². The number of rotatable bonds is 3. The van der Waals surface area contributed by atoms with E-state index in [1.165, 1.54) is 25.3 Å². The van der Waals surface area contributed by atoms with Crippen molar-refractivity contribution in [3.05, 3.63) is 63.7 Å². The zero-order valence-electron chi connectivity index (χ0n) is 13.9. The summed E-state index contributed by atoms with van der Waals surface area (Å²) in [7, 11) is 1.26. The third kappa shape index (κ3) is 3.06. The van der Waals surface area contributed by atoms with Crippen LogP contribution in [0.3, 0.4) is 0 Å². The fourth-order valence-corrected chi connectivity index (χ4v) is 3.60. The molecule has 0 radical (unpaired) electrons. The number of allylic oxidation sites excluding steroid dienone is 4. The molecule has 0 bridgehead atoms. The maximum Gasteiger partial charge on any atom is 0.355 e. The summed E-state index contributed by atoms with van der Waals surface area (Å²) in [6.45, 7) is 2.05. The number of alkyl halides is 1. The average molecular weight is 406 g/mol. The van der Waals surface area contributed by atoms with Crippen molar-refractivity contribution in [1.29, 1.82) is 0 Å². The van der Waals surface area contributed by atoms with Crippen LogP contribution >= 0.6 is 15.9 Å². The van der Waals surface area contributed by atoms with Crippen LogP contribution in [0.25, 0.3) is 16.6 Å². The standard InChI is InChI=1S/C19H17BrFNO3/c1-11-4-3-5-13(8-11)22-16-9-12(21)6-7-14(16)18(23)15(10-20)17(22)19(24)25-2/h3,5-9,11H,4,10H2,1-2H3. The van der Waals surface area contributed by atoms with Crippen LogP contribution < -0.4 is 5.43 Å². The molecule has 0 N–H and O–H groups in total. The van der Waals surface area contributed by atoms with Gasteiger partial charge in [0.2, 0.25) is 0 Å². The van der Waals surface area contributed by atoms with Crippen molar-refractivity contribution in [2.45, 2.75) is 18.7 Å². The number of hydrogen-bond donors (Lipinski definition) is 0. The molecule has 1 atom stereocenters. The van der Waals surface area contributed by atoms with Crippen LogP contribution in [0.4, 0.5) is 4.39 Å². The zero-order valence-corrected chi connectivity index (χ0v) is 15.5. The molecule has 1 heterocycles. The van der Waals surface area contributed by atoms with Crippen LogP contribution in [-0.4, -0.2) is 17.6 Å². The van der Waals surface area contributed by atoms with Crippen molar-refractivity contribution in [3.8, 4) is 0 Å². The number of carbonyl (C=O) groups excluding carboxylic acids is 1. The first-order valence-electron chi connectivity index (χ1n) is 7.88. The molecule has 0 aliphatic heterocycles. The van der Waals surface area contributed by atoms with Gasteiger partial charge in [-0.05, 0) is 36.6 Å². The summed E-state index contributed by atoms with van der Waals surface area (Å²) in [5.41, 5.74) is 1.17. The molecule has 1 unspecified atom stereocenters. The Morgan fingerprint density at radius 1 is 1.44 bits per heavy atom. The number of aromatic nitrogens is 1. The van der Waals surface area contributed by atoms with Crippen LogP contribution in [-0.2, 0) is 10.1 Å². The Morgan fingerprint density at radius 3 is 2.84 bits per heavy atom. The average Bonchev–Trinajstić information content (AvgIpc) is 2.60. The molecule has 0 amide bonds. The van der Waals surface area contributed by atoms with Gasteiger partial charge in [-0.3, -0.25) is 4.79 Å². The Balaban J connectivity index is 2.52. The Labute approximate surface area is 152 Å². The van der Waals surface area contributed by atoms with E-state index in [2.05, 4.69) is 22.9 Å². The van der Waals surface area contributed by atoms with E-state index >= 15 is 0 Å². The zero-order chi connectivity index (χ0) is 18.1. The third-order valence-corrected chi connectivity index (χ3v) is 4.81. The molecular weight excluding hydrogens is 389 g/mol. The van der Waals surface area contributed by atoms with Crippen LogP contribution in [0.5, 0.6) is 0 Å². The van der Waals surface area contributed by atoms with Crippen LogP contribution in [0.15, 0.2) is 41.2 Å². The molecular formula is C19H17BrFNO3. The van der Waals surface area contributed by atoms with Crippen molar-refractivity contribution < 1.29 is 13.9 Å². The lowest BCUT2D eigenvalue weighted by Gasteiger charge is -2.22. The number of esters is 1. The van der Waals surface area contributed by atoms with Gasteiger partial charge in [0.15, 0.2) is 5.43 Å². The van der Waals surface area contributed by atoms with E-state index in [-0.39, 0.29) is 22.4 Å². The molecule has 130 valence electrons. The van der Waals surface area contributed by atoms with Crippen molar-refractivity contribution in [1.82, 2.24) is 4.57 Å². The molecule has 0 saturated carbocycles. The molecule has 0 saturated heterocycles. The molecule has 4 nitrogen and oxygen atoms in total. The monoisotopic (exact) mass is 405 g/mol. The maximum absolute atomic E-state index is 13.9. The maximum atomic E-state index is 13.9. The second-order valence-corrected chi connectivity index (χ2v) is 6.55. The number of fused-ring (bicyclic) bond motifs is 1. The molecule has 0 fully saturated rings. The number of halogens is 2. The Bertz CT molecular complexity index is 975. The minimum atomic E-state index is -0.634. The first-order valence-corrected chi connectivity index (χ1v) is 9.00. The highest BCUT2D eigenvalue weighted by molar-refractivity contribution is 9.08. The summed E-state index contributed by atoms with van der Waals surface area (Å²) < 4.78 is 20.4. The minimum Gasteiger partial charge on any atom is -0.464 e. The van der Waals surface area contributed by atoms with Gasteiger partial charge in [0.1, 0.15) is 11.5 Å². The quantitative estimate of drug-likeness (QED) is 0.566. The smallest absolute Gasteiger partial charge is 0.355 e. The summed E-state index contributed by atoms with van der Waals surface area (Å²) >= 11 is 3.29. The van der Waals surface area contributed by atoms with E-state index in [4.69, 9.17) is 4.74 Å². The highest BCUT2D eigenvalue weighted by Crippen LogP contribution is 2.28. The van der Waals surface area contributed by atoms with Gasteiger partial charge in [-0.1, -0.05) is 35.0 Å². The summed E-state index contributed by atoms with van der Waals surface area (Å²) in [6, 6.07) is 3.97. The van der Waals surface area contributed by atoms with Crippen molar-refractivity contribution >= 4 is 38.5 Å². The lowest BCUT2D eigenvalue weighted by Crippen LogP contribution is -2.24. The van der Waals surface area contributed by atoms with Crippen molar-refractivity contribution in [2.24, 2.45) is 5.92 Å². The number of benzene rings is 1. The molecule has 1 aromatic carbocycles. The lowest BCUT2D eigenvalue weighted by molar-refractivity contribution is 0.0590. The van der Waals surface area contributed by atoms with E-state index < -0.39 is 11.8 Å². The SMILES string of the molecule is COC(=O)c1c(CBr)c(=O)c2ccc(F)cc2n1C1=CC(C)CC=C1.